The maximum absolute atomic E-state index is 11.7. The number of para-hydroxylation sites is 5. The third kappa shape index (κ3) is 6.68. The van der Waals surface area contributed by atoms with Gasteiger partial charge in [-0.25, -0.2) is 0 Å². The van der Waals surface area contributed by atoms with Crippen LogP contribution in [0.2, 0.25) is 0 Å². The van der Waals surface area contributed by atoms with Crippen LogP contribution in [0, 0.1) is 0 Å². The Labute approximate surface area is 372 Å². The summed E-state index contributed by atoms with van der Waals surface area (Å²) < 4.78 is 13.3. The van der Waals surface area contributed by atoms with Crippen molar-refractivity contribution in [1.82, 2.24) is 0 Å². The fraction of sp³-hybridized carbons (Fsp3) is 0.0169. The molecule has 0 fully saturated rings. The molecule has 306 valence electrons. The van der Waals surface area contributed by atoms with Gasteiger partial charge in [-0.05, 0) is 126 Å². The van der Waals surface area contributed by atoms with Gasteiger partial charge in [-0.3, -0.25) is 0 Å². The number of benzene rings is 9. The van der Waals surface area contributed by atoms with E-state index in [1.807, 2.05) is 85.8 Å². The molecule has 5 nitrogen and oxygen atoms in total. The summed E-state index contributed by atoms with van der Waals surface area (Å²) in [6, 6.07) is 72.4. The van der Waals surface area contributed by atoms with Gasteiger partial charge in [-0.2, -0.15) is 0 Å². The molecular formula is C59H42N2O3. The number of aromatic hydroxyl groups is 1. The van der Waals surface area contributed by atoms with E-state index >= 15 is 0 Å². The van der Waals surface area contributed by atoms with Crippen molar-refractivity contribution in [1.29, 1.82) is 0 Å². The Bertz CT molecular complexity index is 3350. The van der Waals surface area contributed by atoms with Gasteiger partial charge in [0, 0.05) is 62.0 Å². The highest BCUT2D eigenvalue weighted by atomic mass is 16.5. The monoisotopic (exact) mass is 826 g/mol. The zero-order valence-corrected chi connectivity index (χ0v) is 35.1. The normalized spacial score (nSPS) is 12.4. The van der Waals surface area contributed by atoms with Gasteiger partial charge in [0.15, 0.2) is 5.58 Å². The summed E-state index contributed by atoms with van der Waals surface area (Å²) in [6.45, 7) is 6.54. The Morgan fingerprint density at radius 2 is 1.09 bits per heavy atom. The van der Waals surface area contributed by atoms with Crippen molar-refractivity contribution in [2.24, 2.45) is 0 Å². The predicted molar refractivity (Wildman–Crippen MR) is 264 cm³/mol. The molecule has 0 atom stereocenters. The van der Waals surface area contributed by atoms with Crippen molar-refractivity contribution in [3.63, 3.8) is 0 Å². The molecule has 11 rings (SSSR count). The molecule has 64 heavy (non-hydrogen) atoms. The van der Waals surface area contributed by atoms with Gasteiger partial charge in [0.05, 0.1) is 5.69 Å². The lowest BCUT2D eigenvalue weighted by Gasteiger charge is -2.27. The number of nitrogens with zero attached hydrogens (tertiary/aromatic N) is 2. The number of anilines is 6. The predicted octanol–water partition coefficient (Wildman–Crippen LogP) is 16.4. The van der Waals surface area contributed by atoms with E-state index in [4.69, 9.17) is 9.15 Å². The standard InChI is InChI=1S/C59H42N2O3/c1-3-55-58-48(39(2)47-36-34-46(38-54(47)62)60(42-17-7-4-8-18-42)43-19-9-5-10-20-43)24-15-25-51(58)50-35-31-41(37-57(50)63-55)40-29-32-45(33-30-40)61(44-21-11-6-12-22-44)53-27-16-26-52-49-23-13-14-28-56(49)64-59(52)53/h3-38,62H,2H2,1H3. The summed E-state index contributed by atoms with van der Waals surface area (Å²) in [5.74, 6) is 1.66. The molecule has 9 aromatic carbocycles. The van der Waals surface area contributed by atoms with Gasteiger partial charge in [-0.1, -0.05) is 128 Å². The molecule has 0 radical (unpaired) electrons. The Morgan fingerprint density at radius 1 is 0.500 bits per heavy atom. The van der Waals surface area contributed by atoms with Crippen molar-refractivity contribution < 1.29 is 14.3 Å². The van der Waals surface area contributed by atoms with E-state index in [0.29, 0.717) is 11.1 Å². The van der Waals surface area contributed by atoms with E-state index in [9.17, 15) is 5.11 Å². The van der Waals surface area contributed by atoms with Crippen LogP contribution in [0.1, 0.15) is 23.6 Å². The number of phenolic OH excluding ortho intramolecular Hbond substituents is 1. The van der Waals surface area contributed by atoms with Gasteiger partial charge in [0.25, 0.3) is 0 Å². The molecule has 0 bridgehead atoms. The van der Waals surface area contributed by atoms with Crippen LogP contribution < -0.4 is 14.5 Å². The molecule has 1 aliphatic rings. The van der Waals surface area contributed by atoms with Crippen LogP contribution in [0.25, 0.3) is 55.5 Å². The van der Waals surface area contributed by atoms with Crippen molar-refractivity contribution in [3.05, 3.63) is 242 Å². The summed E-state index contributed by atoms with van der Waals surface area (Å²) in [4.78, 5) is 4.38. The van der Waals surface area contributed by atoms with Crippen LogP contribution in [0.5, 0.6) is 11.5 Å². The SMILES string of the molecule is C=C(c1ccc(N(c2ccccc2)c2ccccc2)cc1O)c1cccc2c1C(=CC)Oc1cc(-c3ccc(N(c4ccccc4)c4cccc5c4oc4ccccc45)cc3)ccc1-2. The van der Waals surface area contributed by atoms with E-state index < -0.39 is 0 Å². The maximum Gasteiger partial charge on any atom is 0.159 e. The summed E-state index contributed by atoms with van der Waals surface area (Å²) in [7, 11) is 0. The molecule has 2 heterocycles. The average Bonchev–Trinajstić information content (AvgIpc) is 3.74. The number of hydrogen-bond acceptors (Lipinski definition) is 5. The third-order valence-corrected chi connectivity index (χ3v) is 12.1. The van der Waals surface area contributed by atoms with Crippen molar-refractivity contribution in [3.8, 4) is 33.8 Å². The number of furan rings is 1. The number of fused-ring (bicyclic) bond motifs is 6. The second kappa shape index (κ2) is 16.1. The first kappa shape index (κ1) is 38.4. The Balaban J connectivity index is 0.918. The highest BCUT2D eigenvalue weighted by Crippen LogP contribution is 2.49. The zero-order chi connectivity index (χ0) is 43.1. The Kier molecular flexibility index (Phi) is 9.63. The molecule has 10 aromatic rings. The van der Waals surface area contributed by atoms with Crippen LogP contribution in [-0.2, 0) is 0 Å². The third-order valence-electron chi connectivity index (χ3n) is 12.1. The first-order chi connectivity index (χ1) is 31.5. The lowest BCUT2D eigenvalue weighted by molar-refractivity contribution is 0.474. The molecule has 5 heteroatoms. The van der Waals surface area contributed by atoms with Gasteiger partial charge in [-0.15, -0.1) is 0 Å². The number of rotatable bonds is 9. The minimum Gasteiger partial charge on any atom is -0.507 e. The molecule has 1 aromatic heterocycles. The smallest absolute Gasteiger partial charge is 0.159 e. The number of hydrogen-bond donors (Lipinski definition) is 1. The van der Waals surface area contributed by atoms with Crippen LogP contribution in [-0.4, -0.2) is 5.11 Å². The van der Waals surface area contributed by atoms with Crippen molar-refractivity contribution in [2.45, 2.75) is 6.92 Å². The first-order valence-corrected chi connectivity index (χ1v) is 21.4. The quantitative estimate of drug-likeness (QED) is 0.157. The summed E-state index contributed by atoms with van der Waals surface area (Å²) in [5.41, 5.74) is 14.9. The highest BCUT2D eigenvalue weighted by molar-refractivity contribution is 6.10. The van der Waals surface area contributed by atoms with E-state index in [1.165, 1.54) is 0 Å². The first-order valence-electron chi connectivity index (χ1n) is 21.4. The molecule has 0 spiro atoms. The number of ether oxygens (including phenoxy) is 1. The Hall–Kier alpha value is -8.54. The maximum atomic E-state index is 11.7. The largest absolute Gasteiger partial charge is 0.507 e. The second-order valence-electron chi connectivity index (χ2n) is 15.9. The number of allylic oxidation sites excluding steroid dienone is 1. The average molecular weight is 827 g/mol. The lowest BCUT2D eigenvalue weighted by atomic mass is 9.86. The molecule has 0 saturated carbocycles. The Morgan fingerprint density at radius 3 is 1.78 bits per heavy atom. The van der Waals surface area contributed by atoms with Crippen LogP contribution >= 0.6 is 0 Å². The second-order valence-corrected chi connectivity index (χ2v) is 15.9. The summed E-state index contributed by atoms with van der Waals surface area (Å²) in [5, 5.41) is 13.9. The van der Waals surface area contributed by atoms with Crippen LogP contribution in [0.4, 0.5) is 34.1 Å². The molecule has 0 saturated heterocycles. The molecule has 0 unspecified atom stereocenters. The molecular weight excluding hydrogens is 785 g/mol. The van der Waals surface area contributed by atoms with Gasteiger partial charge in [0.2, 0.25) is 0 Å². The van der Waals surface area contributed by atoms with Gasteiger partial charge in [0.1, 0.15) is 22.8 Å². The fourth-order valence-electron chi connectivity index (χ4n) is 9.05. The van der Waals surface area contributed by atoms with Gasteiger partial charge >= 0.3 is 0 Å². The summed E-state index contributed by atoms with van der Waals surface area (Å²) >= 11 is 0. The molecule has 0 amide bonds. The summed E-state index contributed by atoms with van der Waals surface area (Å²) in [6.07, 6.45) is 2.00. The topological polar surface area (TPSA) is 49.1 Å². The van der Waals surface area contributed by atoms with E-state index in [1.54, 1.807) is 0 Å². The van der Waals surface area contributed by atoms with E-state index in [0.717, 1.165) is 101 Å². The lowest BCUT2D eigenvalue weighted by Crippen LogP contribution is -2.10. The van der Waals surface area contributed by atoms with Crippen LogP contribution in [0.15, 0.2) is 229 Å². The van der Waals surface area contributed by atoms with Crippen LogP contribution in [0.3, 0.4) is 0 Å². The molecule has 1 N–H and O–H groups in total. The molecule has 1 aliphatic heterocycles. The van der Waals surface area contributed by atoms with E-state index in [-0.39, 0.29) is 5.75 Å². The number of phenols is 1. The minimum atomic E-state index is 0.144. The van der Waals surface area contributed by atoms with Crippen molar-refractivity contribution >= 4 is 67.4 Å². The van der Waals surface area contributed by atoms with Gasteiger partial charge < -0.3 is 24.1 Å². The van der Waals surface area contributed by atoms with Crippen molar-refractivity contribution in [2.75, 3.05) is 9.80 Å². The zero-order valence-electron chi connectivity index (χ0n) is 35.1. The minimum absolute atomic E-state index is 0.144. The highest BCUT2D eigenvalue weighted by Gasteiger charge is 2.27. The van der Waals surface area contributed by atoms with E-state index in [2.05, 4.69) is 156 Å². The fourth-order valence-corrected chi connectivity index (χ4v) is 9.05. The molecule has 0 aliphatic carbocycles.